The average Bonchev–Trinajstić information content (AvgIpc) is 2.88. The van der Waals surface area contributed by atoms with Crippen molar-refractivity contribution in [3.8, 4) is 5.75 Å². The van der Waals surface area contributed by atoms with E-state index < -0.39 is 0 Å². The highest BCUT2D eigenvalue weighted by Gasteiger charge is 2.11. The van der Waals surface area contributed by atoms with Crippen LogP contribution in [0.15, 0.2) is 30.7 Å². The molecule has 0 amide bonds. The highest BCUT2D eigenvalue weighted by molar-refractivity contribution is 5.39. The Kier molecular flexibility index (Phi) is 3.99. The second kappa shape index (κ2) is 5.69. The number of aryl methyl sites for hydroxylation is 1. The largest absolute Gasteiger partial charge is 0.496 e. The molecule has 0 saturated carbocycles. The van der Waals surface area contributed by atoms with E-state index in [1.807, 2.05) is 6.20 Å². The molecule has 0 aliphatic rings. The molecular weight excluding hydrogens is 226 g/mol. The summed E-state index contributed by atoms with van der Waals surface area (Å²) in [5.74, 6) is 0.930. The quantitative estimate of drug-likeness (QED) is 0.851. The summed E-state index contributed by atoms with van der Waals surface area (Å²) in [6, 6.07) is 6.50. The molecule has 1 unspecified atom stereocenters. The van der Waals surface area contributed by atoms with Gasteiger partial charge in [-0.05, 0) is 25.5 Å². The Morgan fingerprint density at radius 2 is 2.28 bits per heavy atom. The van der Waals surface area contributed by atoms with Crippen LogP contribution < -0.4 is 10.1 Å². The second-order valence-corrected chi connectivity index (χ2v) is 4.42. The molecule has 0 aliphatic heterocycles. The number of hydrogen-bond donors (Lipinski definition) is 2. The third kappa shape index (κ3) is 2.90. The fourth-order valence-corrected chi connectivity index (χ4v) is 1.93. The predicted octanol–water partition coefficient (Wildman–Crippen LogP) is 2.58. The maximum atomic E-state index is 5.42. The number of aromatic amines is 1. The molecule has 2 rings (SSSR count). The topological polar surface area (TPSA) is 49.9 Å². The molecule has 2 aromatic rings. The third-order valence-electron chi connectivity index (χ3n) is 3.01. The molecule has 0 aliphatic carbocycles. The van der Waals surface area contributed by atoms with E-state index in [-0.39, 0.29) is 6.04 Å². The molecule has 0 spiro atoms. The van der Waals surface area contributed by atoms with Crippen molar-refractivity contribution in [3.63, 3.8) is 0 Å². The zero-order valence-electron chi connectivity index (χ0n) is 11.0. The highest BCUT2D eigenvalue weighted by Crippen LogP contribution is 2.26. The maximum absolute atomic E-state index is 5.42. The molecular formula is C14H19N3O. The molecule has 1 aromatic heterocycles. The van der Waals surface area contributed by atoms with Gasteiger partial charge < -0.3 is 15.0 Å². The number of methoxy groups -OCH3 is 1. The summed E-state index contributed by atoms with van der Waals surface area (Å²) < 4.78 is 5.42. The molecule has 18 heavy (non-hydrogen) atoms. The van der Waals surface area contributed by atoms with Crippen molar-refractivity contribution in [1.29, 1.82) is 0 Å². The first kappa shape index (κ1) is 12.6. The van der Waals surface area contributed by atoms with Crippen molar-refractivity contribution in [2.24, 2.45) is 0 Å². The number of H-pyrrole nitrogens is 1. The van der Waals surface area contributed by atoms with Crippen molar-refractivity contribution in [2.45, 2.75) is 26.4 Å². The lowest BCUT2D eigenvalue weighted by atomic mass is 10.0. The third-order valence-corrected chi connectivity index (χ3v) is 3.01. The van der Waals surface area contributed by atoms with Crippen LogP contribution in [0.5, 0.6) is 5.75 Å². The van der Waals surface area contributed by atoms with E-state index in [0.29, 0.717) is 0 Å². The van der Waals surface area contributed by atoms with Crippen LogP contribution in [-0.4, -0.2) is 17.1 Å². The standard InChI is InChI=1S/C14H19N3O/c1-10-4-5-13(14(6-10)18-3)11(2)16-8-12-7-15-9-17-12/h4-7,9,11,16H,8H2,1-3H3,(H,15,17). The summed E-state index contributed by atoms with van der Waals surface area (Å²) >= 11 is 0. The highest BCUT2D eigenvalue weighted by atomic mass is 16.5. The maximum Gasteiger partial charge on any atom is 0.123 e. The number of ether oxygens (including phenoxy) is 1. The van der Waals surface area contributed by atoms with Crippen molar-refractivity contribution >= 4 is 0 Å². The van der Waals surface area contributed by atoms with Gasteiger partial charge in [-0.2, -0.15) is 0 Å². The summed E-state index contributed by atoms with van der Waals surface area (Å²) in [5, 5.41) is 3.44. The molecule has 0 bridgehead atoms. The lowest BCUT2D eigenvalue weighted by molar-refractivity contribution is 0.401. The van der Waals surface area contributed by atoms with Crippen LogP contribution in [-0.2, 0) is 6.54 Å². The first-order chi connectivity index (χ1) is 8.70. The Morgan fingerprint density at radius 3 is 2.94 bits per heavy atom. The zero-order chi connectivity index (χ0) is 13.0. The normalized spacial score (nSPS) is 12.4. The number of aromatic nitrogens is 2. The second-order valence-electron chi connectivity index (χ2n) is 4.42. The minimum absolute atomic E-state index is 0.226. The van der Waals surface area contributed by atoms with Crippen LogP contribution in [0.25, 0.3) is 0 Å². The molecule has 0 saturated heterocycles. The number of rotatable bonds is 5. The number of benzene rings is 1. The van der Waals surface area contributed by atoms with E-state index in [2.05, 4.69) is 47.3 Å². The Hall–Kier alpha value is -1.81. The monoisotopic (exact) mass is 245 g/mol. The molecule has 1 aromatic carbocycles. The van der Waals surface area contributed by atoms with Gasteiger partial charge in [0, 0.05) is 30.0 Å². The summed E-state index contributed by atoms with van der Waals surface area (Å²) in [5.41, 5.74) is 3.45. The summed E-state index contributed by atoms with van der Waals surface area (Å²) in [6.45, 7) is 4.96. The molecule has 1 atom stereocenters. The van der Waals surface area contributed by atoms with Gasteiger partial charge in [0.15, 0.2) is 0 Å². The van der Waals surface area contributed by atoms with Gasteiger partial charge in [-0.1, -0.05) is 12.1 Å². The minimum Gasteiger partial charge on any atom is -0.496 e. The van der Waals surface area contributed by atoms with Gasteiger partial charge >= 0.3 is 0 Å². The van der Waals surface area contributed by atoms with Gasteiger partial charge in [0.25, 0.3) is 0 Å². The molecule has 96 valence electrons. The summed E-state index contributed by atoms with van der Waals surface area (Å²) in [6.07, 6.45) is 3.51. The van der Waals surface area contributed by atoms with Crippen LogP contribution in [0.4, 0.5) is 0 Å². The Bertz CT molecular complexity index is 494. The van der Waals surface area contributed by atoms with E-state index in [1.165, 1.54) is 11.1 Å². The van der Waals surface area contributed by atoms with Crippen molar-refractivity contribution in [2.75, 3.05) is 7.11 Å². The van der Waals surface area contributed by atoms with Gasteiger partial charge in [-0.15, -0.1) is 0 Å². The average molecular weight is 245 g/mol. The SMILES string of the molecule is COc1cc(C)ccc1C(C)NCc1cnc[nH]1. The van der Waals surface area contributed by atoms with Crippen LogP contribution in [0.1, 0.15) is 29.8 Å². The Morgan fingerprint density at radius 1 is 1.44 bits per heavy atom. The van der Waals surface area contributed by atoms with Gasteiger partial charge in [0.05, 0.1) is 13.4 Å². The van der Waals surface area contributed by atoms with Crippen LogP contribution in [0.2, 0.25) is 0 Å². The Labute approximate surface area is 107 Å². The Balaban J connectivity index is 2.06. The van der Waals surface area contributed by atoms with Crippen LogP contribution in [0, 0.1) is 6.92 Å². The number of nitrogens with one attached hydrogen (secondary N) is 2. The molecule has 0 radical (unpaired) electrons. The van der Waals surface area contributed by atoms with Crippen molar-refractivity contribution in [3.05, 3.63) is 47.5 Å². The van der Waals surface area contributed by atoms with E-state index in [1.54, 1.807) is 13.4 Å². The lowest BCUT2D eigenvalue weighted by Crippen LogP contribution is -2.19. The predicted molar refractivity (Wildman–Crippen MR) is 71.6 cm³/mol. The number of hydrogen-bond acceptors (Lipinski definition) is 3. The minimum atomic E-state index is 0.226. The molecule has 4 nitrogen and oxygen atoms in total. The van der Waals surface area contributed by atoms with Gasteiger partial charge in [-0.3, -0.25) is 0 Å². The van der Waals surface area contributed by atoms with E-state index >= 15 is 0 Å². The molecule has 4 heteroatoms. The van der Waals surface area contributed by atoms with Crippen molar-refractivity contribution in [1.82, 2.24) is 15.3 Å². The van der Waals surface area contributed by atoms with Crippen molar-refractivity contribution < 1.29 is 4.74 Å². The van der Waals surface area contributed by atoms with Crippen LogP contribution >= 0.6 is 0 Å². The fraction of sp³-hybridized carbons (Fsp3) is 0.357. The smallest absolute Gasteiger partial charge is 0.123 e. The van der Waals surface area contributed by atoms with Gasteiger partial charge in [0.2, 0.25) is 0 Å². The summed E-state index contributed by atoms with van der Waals surface area (Å²) in [7, 11) is 1.71. The van der Waals surface area contributed by atoms with E-state index in [9.17, 15) is 0 Å². The van der Waals surface area contributed by atoms with Gasteiger partial charge in [0.1, 0.15) is 5.75 Å². The number of imidazole rings is 1. The molecule has 0 fully saturated rings. The summed E-state index contributed by atoms with van der Waals surface area (Å²) in [4.78, 5) is 7.07. The van der Waals surface area contributed by atoms with E-state index in [0.717, 1.165) is 18.0 Å². The first-order valence-electron chi connectivity index (χ1n) is 6.06. The molecule has 1 heterocycles. The fourth-order valence-electron chi connectivity index (χ4n) is 1.93. The van der Waals surface area contributed by atoms with Gasteiger partial charge in [-0.25, -0.2) is 4.98 Å². The zero-order valence-corrected chi connectivity index (χ0v) is 11.0. The number of nitrogens with zero attached hydrogens (tertiary/aromatic N) is 1. The van der Waals surface area contributed by atoms with E-state index in [4.69, 9.17) is 4.74 Å². The first-order valence-corrected chi connectivity index (χ1v) is 6.06. The lowest BCUT2D eigenvalue weighted by Gasteiger charge is -2.17. The molecule has 2 N–H and O–H groups in total. The van der Waals surface area contributed by atoms with Crippen LogP contribution in [0.3, 0.4) is 0 Å².